The van der Waals surface area contributed by atoms with Crippen molar-refractivity contribution in [1.82, 2.24) is 4.90 Å². The largest absolute Gasteiger partial charge is 0.478 e. The van der Waals surface area contributed by atoms with E-state index < -0.39 is 35.1 Å². The van der Waals surface area contributed by atoms with Crippen molar-refractivity contribution < 1.29 is 28.6 Å². The molecule has 0 saturated carbocycles. The number of hydrogen-bond acceptors (Lipinski definition) is 4. The number of morpholine rings is 1. The Labute approximate surface area is 133 Å². The minimum Gasteiger partial charge on any atom is -0.478 e. The van der Waals surface area contributed by atoms with Crippen LogP contribution in [0.1, 0.15) is 42.8 Å². The third-order valence-corrected chi connectivity index (χ3v) is 3.32. The third kappa shape index (κ3) is 4.19. The zero-order valence-corrected chi connectivity index (χ0v) is 13.3. The molecule has 1 aliphatic rings. The second kappa shape index (κ2) is 6.54. The van der Waals surface area contributed by atoms with Gasteiger partial charge in [0.1, 0.15) is 17.5 Å². The summed E-state index contributed by atoms with van der Waals surface area (Å²) in [4.78, 5) is 24.6. The Hall–Kier alpha value is -2.15. The summed E-state index contributed by atoms with van der Waals surface area (Å²) < 4.78 is 25.1. The number of nitrogens with zero attached hydrogens (tertiary/aromatic N) is 1. The number of halogens is 1. The Bertz CT molecular complexity index is 611. The molecular formula is C16H20FNO5. The highest BCUT2D eigenvalue weighted by molar-refractivity contribution is 5.88. The van der Waals surface area contributed by atoms with E-state index in [1.807, 2.05) is 0 Å². The number of rotatable bonds is 2. The van der Waals surface area contributed by atoms with Gasteiger partial charge in [-0.3, -0.25) is 0 Å². The molecule has 23 heavy (non-hydrogen) atoms. The smallest absolute Gasteiger partial charge is 0.410 e. The van der Waals surface area contributed by atoms with Crippen molar-refractivity contribution in [3.05, 3.63) is 35.1 Å². The number of aromatic carboxylic acids is 1. The van der Waals surface area contributed by atoms with Crippen molar-refractivity contribution in [2.24, 2.45) is 0 Å². The molecule has 1 saturated heterocycles. The highest BCUT2D eigenvalue weighted by Gasteiger charge is 2.31. The summed E-state index contributed by atoms with van der Waals surface area (Å²) in [5.74, 6) is -2.18. The Balaban J connectivity index is 2.17. The molecule has 0 bridgehead atoms. The summed E-state index contributed by atoms with van der Waals surface area (Å²) in [6.45, 7) is 5.96. The van der Waals surface area contributed by atoms with Gasteiger partial charge in [0.05, 0.1) is 18.7 Å². The molecule has 0 aromatic heterocycles. The van der Waals surface area contributed by atoms with E-state index in [4.69, 9.17) is 14.6 Å². The van der Waals surface area contributed by atoms with Crippen LogP contribution in [0.25, 0.3) is 0 Å². The molecule has 1 aromatic rings. The molecule has 1 aliphatic heterocycles. The fourth-order valence-corrected chi connectivity index (χ4v) is 2.29. The van der Waals surface area contributed by atoms with Gasteiger partial charge in [-0.1, -0.05) is 12.1 Å². The third-order valence-electron chi connectivity index (χ3n) is 3.32. The van der Waals surface area contributed by atoms with Crippen LogP contribution in [0.3, 0.4) is 0 Å². The van der Waals surface area contributed by atoms with Crippen LogP contribution in [-0.2, 0) is 9.47 Å². The Morgan fingerprint density at radius 1 is 1.39 bits per heavy atom. The molecule has 1 N–H and O–H groups in total. The molecule has 0 spiro atoms. The van der Waals surface area contributed by atoms with Crippen LogP contribution in [-0.4, -0.2) is 47.4 Å². The highest BCUT2D eigenvalue weighted by atomic mass is 19.1. The molecule has 0 radical (unpaired) electrons. The van der Waals surface area contributed by atoms with Gasteiger partial charge in [-0.2, -0.15) is 0 Å². The molecular weight excluding hydrogens is 305 g/mol. The van der Waals surface area contributed by atoms with Gasteiger partial charge in [-0.25, -0.2) is 14.0 Å². The van der Waals surface area contributed by atoms with E-state index in [1.165, 1.54) is 23.1 Å². The first-order chi connectivity index (χ1) is 10.7. The van der Waals surface area contributed by atoms with Crippen molar-refractivity contribution >= 4 is 12.1 Å². The molecule has 2 rings (SSSR count). The lowest BCUT2D eigenvalue weighted by atomic mass is 10.0. The van der Waals surface area contributed by atoms with Crippen molar-refractivity contribution in [2.45, 2.75) is 32.5 Å². The van der Waals surface area contributed by atoms with Gasteiger partial charge in [-0.05, 0) is 26.8 Å². The predicted octanol–water partition coefficient (Wildman–Crippen LogP) is 2.83. The van der Waals surface area contributed by atoms with Gasteiger partial charge in [0.2, 0.25) is 0 Å². The molecule has 1 heterocycles. The second-order valence-electron chi connectivity index (χ2n) is 6.30. The van der Waals surface area contributed by atoms with E-state index in [9.17, 15) is 14.0 Å². The first-order valence-electron chi connectivity index (χ1n) is 7.30. The monoisotopic (exact) mass is 325 g/mol. The lowest BCUT2D eigenvalue weighted by Crippen LogP contribution is -2.44. The average Bonchev–Trinajstić information content (AvgIpc) is 2.45. The van der Waals surface area contributed by atoms with Crippen LogP contribution in [0.5, 0.6) is 0 Å². The van der Waals surface area contributed by atoms with E-state index in [0.717, 1.165) is 0 Å². The Morgan fingerprint density at radius 2 is 2.09 bits per heavy atom. The van der Waals surface area contributed by atoms with E-state index in [-0.39, 0.29) is 18.7 Å². The summed E-state index contributed by atoms with van der Waals surface area (Å²) in [7, 11) is 0. The fourth-order valence-electron chi connectivity index (χ4n) is 2.29. The van der Waals surface area contributed by atoms with Gasteiger partial charge in [0.25, 0.3) is 0 Å². The number of carbonyl (C=O) groups excluding carboxylic acids is 1. The highest BCUT2D eigenvalue weighted by Crippen LogP contribution is 2.27. The lowest BCUT2D eigenvalue weighted by molar-refractivity contribution is -0.0444. The summed E-state index contributed by atoms with van der Waals surface area (Å²) in [5, 5.41) is 8.99. The second-order valence-corrected chi connectivity index (χ2v) is 6.30. The first-order valence-corrected chi connectivity index (χ1v) is 7.30. The minimum atomic E-state index is -1.34. The van der Waals surface area contributed by atoms with Crippen LogP contribution in [0.2, 0.25) is 0 Å². The molecule has 1 atom stereocenters. The van der Waals surface area contributed by atoms with Gasteiger partial charge in [0.15, 0.2) is 0 Å². The molecule has 1 unspecified atom stereocenters. The van der Waals surface area contributed by atoms with Crippen molar-refractivity contribution in [2.75, 3.05) is 19.7 Å². The SMILES string of the molecule is CC(C)(C)OC(=O)N1CCOC(c2cccc(C(=O)O)c2F)C1. The van der Waals surface area contributed by atoms with Crippen LogP contribution < -0.4 is 0 Å². The van der Waals surface area contributed by atoms with Crippen LogP contribution in [0.15, 0.2) is 18.2 Å². The van der Waals surface area contributed by atoms with Crippen molar-refractivity contribution in [1.29, 1.82) is 0 Å². The van der Waals surface area contributed by atoms with Crippen LogP contribution in [0.4, 0.5) is 9.18 Å². The van der Waals surface area contributed by atoms with Gasteiger partial charge >= 0.3 is 12.1 Å². The maximum absolute atomic E-state index is 14.3. The Kier molecular flexibility index (Phi) is 4.89. The number of carboxylic acids is 1. The summed E-state index contributed by atoms with van der Waals surface area (Å²) in [5.41, 5.74) is -0.919. The normalized spacial score (nSPS) is 18.6. The maximum atomic E-state index is 14.3. The number of hydrogen-bond donors (Lipinski definition) is 1. The number of amides is 1. The van der Waals surface area contributed by atoms with Crippen molar-refractivity contribution in [3.63, 3.8) is 0 Å². The van der Waals surface area contributed by atoms with Gasteiger partial charge in [-0.15, -0.1) is 0 Å². The molecule has 6 nitrogen and oxygen atoms in total. The fraction of sp³-hybridized carbons (Fsp3) is 0.500. The number of carboxylic acid groups (broad SMARTS) is 1. The molecule has 7 heteroatoms. The van der Waals surface area contributed by atoms with Crippen LogP contribution >= 0.6 is 0 Å². The maximum Gasteiger partial charge on any atom is 0.410 e. The molecule has 1 aromatic carbocycles. The predicted molar refractivity (Wildman–Crippen MR) is 79.9 cm³/mol. The quantitative estimate of drug-likeness (QED) is 0.905. The number of benzene rings is 1. The molecule has 0 aliphatic carbocycles. The molecule has 1 amide bonds. The average molecular weight is 325 g/mol. The summed E-state index contributed by atoms with van der Waals surface area (Å²) in [6.07, 6.45) is -1.23. The van der Waals surface area contributed by atoms with Gasteiger partial charge < -0.3 is 19.5 Å². The zero-order valence-electron chi connectivity index (χ0n) is 13.3. The zero-order chi connectivity index (χ0) is 17.2. The van der Waals surface area contributed by atoms with Gasteiger partial charge in [0, 0.05) is 12.1 Å². The standard InChI is InChI=1S/C16H20FNO5/c1-16(2,3)23-15(21)18-7-8-22-12(9-18)10-5-4-6-11(13(10)17)14(19)20/h4-6,12H,7-9H2,1-3H3,(H,19,20). The van der Waals surface area contributed by atoms with E-state index >= 15 is 0 Å². The number of ether oxygens (including phenoxy) is 2. The van der Waals surface area contributed by atoms with E-state index in [2.05, 4.69) is 0 Å². The lowest BCUT2D eigenvalue weighted by Gasteiger charge is -2.34. The first kappa shape index (κ1) is 17.2. The van der Waals surface area contributed by atoms with Crippen LogP contribution in [0, 0.1) is 5.82 Å². The Morgan fingerprint density at radius 3 is 2.70 bits per heavy atom. The number of carbonyl (C=O) groups is 2. The molecule has 1 fully saturated rings. The summed E-state index contributed by atoms with van der Waals surface area (Å²) >= 11 is 0. The van der Waals surface area contributed by atoms with E-state index in [1.54, 1.807) is 20.8 Å². The summed E-state index contributed by atoms with van der Waals surface area (Å²) in [6, 6.07) is 4.11. The molecule has 126 valence electrons. The van der Waals surface area contributed by atoms with Crippen molar-refractivity contribution in [3.8, 4) is 0 Å². The minimum absolute atomic E-state index is 0.106. The van der Waals surface area contributed by atoms with E-state index in [0.29, 0.717) is 6.54 Å². The topological polar surface area (TPSA) is 76.1 Å².